The molecular weight excluding hydrogens is 307 g/mol. The molecule has 0 aliphatic carbocycles. The van der Waals surface area contributed by atoms with Crippen LogP contribution in [0.1, 0.15) is 0 Å². The van der Waals surface area contributed by atoms with Crippen LogP contribution in [0.15, 0.2) is 0 Å². The van der Waals surface area contributed by atoms with Crippen LogP contribution in [-0.4, -0.2) is 51.4 Å². The SMILES string of the molecule is [C-]#N.[C-]#N.[C-]#N.[C-]#N.[C-]#N.[C-]#N.[Fe+2].[Fe].[K]. The van der Waals surface area contributed by atoms with Crippen molar-refractivity contribution >= 4 is 51.4 Å². The van der Waals surface area contributed by atoms with Crippen molar-refractivity contribution < 1.29 is 34.1 Å². The first-order valence-corrected chi connectivity index (χ1v) is 1.34. The molecule has 0 aromatic rings. The van der Waals surface area contributed by atoms with E-state index in [2.05, 4.69) is 0 Å². The molecule has 0 bridgehead atoms. The van der Waals surface area contributed by atoms with Crippen LogP contribution in [0.4, 0.5) is 0 Å². The molecule has 0 fully saturated rings. The van der Waals surface area contributed by atoms with E-state index in [9.17, 15) is 0 Å². The fraction of sp³-hybridized carbons (Fsp3) is 0. The molecule has 0 atom stereocenters. The van der Waals surface area contributed by atoms with Gasteiger partial charge in [0, 0.05) is 68.5 Å². The fourth-order valence-corrected chi connectivity index (χ4v) is 0. The summed E-state index contributed by atoms with van der Waals surface area (Å²) >= 11 is 0. The van der Waals surface area contributed by atoms with E-state index in [0.717, 1.165) is 0 Å². The van der Waals surface area contributed by atoms with E-state index in [1.165, 1.54) is 0 Å². The monoisotopic (exact) mass is 307 g/mol. The second kappa shape index (κ2) is 14600. The molecule has 0 spiro atoms. The normalized spacial score (nSPS) is 0.800. The van der Waals surface area contributed by atoms with E-state index < -0.39 is 0 Å². The zero-order chi connectivity index (χ0) is 12.0. The van der Waals surface area contributed by atoms with Crippen LogP contribution in [0.3, 0.4) is 0 Å². The summed E-state index contributed by atoms with van der Waals surface area (Å²) < 4.78 is 0. The maximum absolute atomic E-state index is 6.25. The Morgan fingerprint density at radius 2 is 0.400 bits per heavy atom. The molecule has 0 heterocycles. The first-order valence-electron chi connectivity index (χ1n) is 1.34. The summed E-state index contributed by atoms with van der Waals surface area (Å²) in [5.41, 5.74) is 0. The minimum atomic E-state index is 0. The van der Waals surface area contributed by atoms with Crippen LogP contribution in [-0.2, 0) is 34.1 Å². The Bertz CT molecular complexity index is 101. The minimum absolute atomic E-state index is 0. The number of nitrogens with zero attached hydrogens (tertiary/aromatic N) is 6. The molecule has 1 radical (unpaired) electrons. The van der Waals surface area contributed by atoms with Gasteiger partial charge in [0.25, 0.3) is 0 Å². The molecule has 6 nitrogen and oxygen atoms in total. The van der Waals surface area contributed by atoms with Gasteiger partial charge in [-0.05, 0) is 0 Å². The largest absolute Gasteiger partial charge is 2.00 e. The van der Waals surface area contributed by atoms with Crippen molar-refractivity contribution in [2.75, 3.05) is 0 Å². The van der Waals surface area contributed by atoms with Gasteiger partial charge in [0.2, 0.25) is 0 Å². The van der Waals surface area contributed by atoms with Gasteiger partial charge in [-0.25, -0.2) is 0 Å². The minimum Gasteiger partial charge on any atom is -0.512 e. The van der Waals surface area contributed by atoms with E-state index in [1.54, 1.807) is 0 Å². The van der Waals surface area contributed by atoms with Gasteiger partial charge in [-0.3, -0.25) is 0 Å². The third-order valence-corrected chi connectivity index (χ3v) is 0. The van der Waals surface area contributed by atoms with Crippen molar-refractivity contribution in [1.82, 2.24) is 0 Å². The van der Waals surface area contributed by atoms with Gasteiger partial charge >= 0.3 is 17.1 Å². The summed E-state index contributed by atoms with van der Waals surface area (Å²) in [6, 6.07) is 0. The smallest absolute Gasteiger partial charge is 0.512 e. The Hall–Kier alpha value is -0.385. The summed E-state index contributed by atoms with van der Waals surface area (Å²) in [6.45, 7) is 28.5. The topological polar surface area (TPSA) is 143 Å². The van der Waals surface area contributed by atoms with Crippen LogP contribution in [0.2, 0.25) is 0 Å². The molecule has 75 valence electrons. The third kappa shape index (κ3) is 12400. The Balaban J connectivity index is -0.00000000396. The Morgan fingerprint density at radius 3 is 0.400 bits per heavy atom. The van der Waals surface area contributed by atoms with Gasteiger partial charge in [0.15, 0.2) is 0 Å². The molecule has 0 aromatic carbocycles. The van der Waals surface area contributed by atoms with Crippen LogP contribution in [0, 0.1) is 71.0 Å². The molecule has 0 aliphatic rings. The van der Waals surface area contributed by atoms with E-state index >= 15 is 0 Å². The maximum Gasteiger partial charge on any atom is 2.00 e. The van der Waals surface area contributed by atoms with Crippen LogP contribution in [0.25, 0.3) is 0 Å². The molecule has 0 unspecified atom stereocenters. The predicted octanol–water partition coefficient (Wildman–Crippen LogP) is 0.192. The summed E-state index contributed by atoms with van der Waals surface area (Å²) in [6.07, 6.45) is 0. The molecule has 0 aromatic heterocycles. The fourth-order valence-electron chi connectivity index (χ4n) is 0. The van der Waals surface area contributed by atoms with E-state index in [4.69, 9.17) is 71.0 Å². The maximum atomic E-state index is 6.25. The van der Waals surface area contributed by atoms with Crippen LogP contribution < -0.4 is 0 Å². The third-order valence-electron chi connectivity index (χ3n) is 0. The van der Waals surface area contributed by atoms with E-state index in [0.29, 0.717) is 0 Å². The van der Waals surface area contributed by atoms with Gasteiger partial charge in [-0.2, -0.15) is 0 Å². The summed E-state index contributed by atoms with van der Waals surface area (Å²) in [5.74, 6) is 0. The Morgan fingerprint density at radius 1 is 0.400 bits per heavy atom. The summed E-state index contributed by atoms with van der Waals surface area (Å²) in [5, 5.41) is 37.5. The van der Waals surface area contributed by atoms with Crippen molar-refractivity contribution in [2.24, 2.45) is 0 Å². The van der Waals surface area contributed by atoms with E-state index in [1.807, 2.05) is 0 Å². The second-order valence-electron chi connectivity index (χ2n) is 0. The Kier molecular flexibility index (Phi) is 83900. The number of hydrogen-bond acceptors (Lipinski definition) is 6. The molecule has 0 saturated heterocycles. The van der Waals surface area contributed by atoms with Gasteiger partial charge in [-0.1, -0.05) is 0 Å². The molecule has 9 heteroatoms. The molecule has 0 amide bonds. The van der Waals surface area contributed by atoms with Crippen LogP contribution in [0.5, 0.6) is 0 Å². The number of hydrogen-bond donors (Lipinski definition) is 0. The summed E-state index contributed by atoms with van der Waals surface area (Å²) in [4.78, 5) is 0. The molecule has 0 saturated carbocycles. The van der Waals surface area contributed by atoms with Crippen molar-refractivity contribution in [3.8, 4) is 0 Å². The molecular formula is C6Fe2KN6-4. The van der Waals surface area contributed by atoms with Crippen molar-refractivity contribution in [1.29, 1.82) is 31.6 Å². The summed E-state index contributed by atoms with van der Waals surface area (Å²) in [7, 11) is 0. The Labute approximate surface area is 154 Å². The zero-order valence-corrected chi connectivity index (χ0v) is 12.7. The first kappa shape index (κ1) is 85.9. The predicted molar refractivity (Wildman–Crippen MR) is 35.6 cm³/mol. The van der Waals surface area contributed by atoms with Crippen molar-refractivity contribution in [3.05, 3.63) is 39.4 Å². The standard InChI is InChI=1S/6CN.2Fe.K/c6*1-2;;;/q6*-1;;+2;. The first-order chi connectivity index (χ1) is 6.00. The molecule has 0 aliphatic heterocycles. The van der Waals surface area contributed by atoms with Crippen LogP contribution >= 0.6 is 0 Å². The van der Waals surface area contributed by atoms with Crippen molar-refractivity contribution in [2.45, 2.75) is 0 Å². The van der Waals surface area contributed by atoms with Gasteiger partial charge < -0.3 is 71.0 Å². The zero-order valence-electron chi connectivity index (χ0n) is 7.39. The molecule has 15 heavy (non-hydrogen) atoms. The molecule has 0 N–H and O–H groups in total. The average Bonchev–Trinajstić information content (AvgIpc) is 2.33. The second-order valence-corrected chi connectivity index (χ2v) is 0. The number of rotatable bonds is 0. The van der Waals surface area contributed by atoms with Gasteiger partial charge in [-0.15, -0.1) is 0 Å². The average molecular weight is 307 g/mol. The van der Waals surface area contributed by atoms with Gasteiger partial charge in [0.1, 0.15) is 0 Å². The van der Waals surface area contributed by atoms with Gasteiger partial charge in [0.05, 0.1) is 0 Å². The molecule has 0 rings (SSSR count). The quantitative estimate of drug-likeness (QED) is 0.461. The van der Waals surface area contributed by atoms with Crippen molar-refractivity contribution in [3.63, 3.8) is 0 Å². The van der Waals surface area contributed by atoms with E-state index in [-0.39, 0.29) is 85.5 Å².